The van der Waals surface area contributed by atoms with E-state index in [9.17, 15) is 29.3 Å². The molecule has 0 bridgehead atoms. The number of aromatic nitrogens is 2. The zero-order valence-corrected chi connectivity index (χ0v) is 22.9. The van der Waals surface area contributed by atoms with Crippen LogP contribution in [-0.2, 0) is 23.1 Å². The molecular formula is C17H22N3Na2O10P. The number of hydrogen-bond donors (Lipinski definition) is 5. The summed E-state index contributed by atoms with van der Waals surface area (Å²) in [5.41, 5.74) is 4.95. The molecule has 4 rings (SSSR count). The molecule has 1 aromatic heterocycles. The molecule has 0 spiro atoms. The first kappa shape index (κ1) is 29.1. The van der Waals surface area contributed by atoms with Crippen LogP contribution in [0.1, 0.15) is 12.6 Å². The molecule has 1 aromatic rings. The number of aliphatic hydroxyl groups excluding tert-OH is 2. The number of carboxylic acid groups (broad SMARTS) is 1. The third-order valence-corrected chi connectivity index (χ3v) is 6.77. The van der Waals surface area contributed by atoms with Crippen molar-refractivity contribution in [3.63, 3.8) is 0 Å². The summed E-state index contributed by atoms with van der Waals surface area (Å²) in [7, 11) is -4.49. The maximum Gasteiger partial charge on any atom is 0.472 e. The SMILES string of the molecule is Nc1ccn([C@@H]2O[C@H](COP(=O)(O)OCC3C4C=C(C(=O)O)CC43)[C@@H](O)[C@@H]2O)c(=O)n1.[Na].[Na]. The summed E-state index contributed by atoms with van der Waals surface area (Å²) < 4.78 is 28.4. The predicted octanol–water partition coefficient (Wildman–Crippen LogP) is -1.91. The standard InChI is InChI=1S/C17H22N3O10P.2Na/c18-12-1-2-20(17(25)19-12)15-14(22)13(21)11(30-15)6-29-31(26,27)28-5-10-8-3-7(16(23)24)4-9(8)10;;/h1-3,8-11,13-15,21-22H,4-6H2,(H,23,24)(H,26,27)(H2,18,19,25);;/t8?,9?,10?,11-,13-,14+,15-;;/m1../s1. The number of aliphatic hydroxyl groups is 2. The molecule has 2 aliphatic carbocycles. The van der Waals surface area contributed by atoms with Crippen molar-refractivity contribution >= 4 is 78.7 Å². The van der Waals surface area contributed by atoms with Gasteiger partial charge in [0.15, 0.2) is 6.23 Å². The van der Waals surface area contributed by atoms with Crippen LogP contribution >= 0.6 is 7.82 Å². The first-order valence-corrected chi connectivity index (χ1v) is 11.0. The van der Waals surface area contributed by atoms with E-state index in [4.69, 9.17) is 24.6 Å². The largest absolute Gasteiger partial charge is 0.478 e. The molecule has 33 heavy (non-hydrogen) atoms. The van der Waals surface area contributed by atoms with Crippen LogP contribution in [-0.4, -0.2) is 126 Å². The summed E-state index contributed by atoms with van der Waals surface area (Å²) in [4.78, 5) is 36.2. The number of rotatable bonds is 8. The van der Waals surface area contributed by atoms with E-state index in [0.717, 1.165) is 4.57 Å². The number of carbonyl (C=O) groups is 1. The Morgan fingerprint density at radius 1 is 1.27 bits per heavy atom. The van der Waals surface area contributed by atoms with E-state index in [0.29, 0.717) is 12.0 Å². The minimum Gasteiger partial charge on any atom is -0.478 e. The Labute approximate surface area is 232 Å². The van der Waals surface area contributed by atoms with Crippen LogP contribution < -0.4 is 11.4 Å². The van der Waals surface area contributed by atoms with Gasteiger partial charge in [0.2, 0.25) is 0 Å². The van der Waals surface area contributed by atoms with Crippen LogP contribution in [0.15, 0.2) is 28.7 Å². The maximum absolute atomic E-state index is 12.1. The normalized spacial score (nSPS) is 33.8. The Bertz CT molecular complexity index is 1020. The number of aliphatic carboxylic acids is 1. The second kappa shape index (κ2) is 11.3. The van der Waals surface area contributed by atoms with Crippen LogP contribution in [0.5, 0.6) is 0 Å². The molecule has 2 heterocycles. The van der Waals surface area contributed by atoms with Gasteiger partial charge in [-0.25, -0.2) is 14.2 Å². The Morgan fingerprint density at radius 3 is 2.52 bits per heavy atom. The summed E-state index contributed by atoms with van der Waals surface area (Å²) in [5.74, 6) is -0.961. The number of fused-ring (bicyclic) bond motifs is 1. The number of nitrogens with two attached hydrogens (primary N) is 1. The third-order valence-electron chi connectivity index (χ3n) is 5.82. The molecule has 2 fully saturated rings. The van der Waals surface area contributed by atoms with Crippen molar-refractivity contribution in [2.24, 2.45) is 17.8 Å². The van der Waals surface area contributed by atoms with Gasteiger partial charge in [-0.3, -0.25) is 13.6 Å². The molecule has 2 radical (unpaired) electrons. The van der Waals surface area contributed by atoms with E-state index in [-0.39, 0.29) is 89.3 Å². The molecule has 3 aliphatic rings. The fourth-order valence-electron chi connectivity index (χ4n) is 4.06. The number of anilines is 1. The predicted molar refractivity (Wildman–Crippen MR) is 113 cm³/mol. The molecule has 1 saturated heterocycles. The summed E-state index contributed by atoms with van der Waals surface area (Å²) in [5, 5.41) is 29.3. The molecule has 13 nitrogen and oxygen atoms in total. The van der Waals surface area contributed by atoms with Gasteiger partial charge in [-0.15, -0.1) is 0 Å². The number of nitrogens with zero attached hydrogens (tertiary/aromatic N) is 2. The van der Waals surface area contributed by atoms with Crippen molar-refractivity contribution in [2.75, 3.05) is 18.9 Å². The average Bonchev–Trinajstić information content (AvgIpc) is 3.01. The zero-order chi connectivity index (χ0) is 22.5. The van der Waals surface area contributed by atoms with Crippen molar-refractivity contribution in [1.29, 1.82) is 0 Å². The first-order chi connectivity index (χ1) is 14.6. The molecule has 8 atom stereocenters. The van der Waals surface area contributed by atoms with E-state index < -0.39 is 50.6 Å². The average molecular weight is 505 g/mol. The van der Waals surface area contributed by atoms with Gasteiger partial charge in [0.1, 0.15) is 24.1 Å². The van der Waals surface area contributed by atoms with Gasteiger partial charge in [-0.1, -0.05) is 6.08 Å². The van der Waals surface area contributed by atoms with Crippen LogP contribution in [0.4, 0.5) is 5.82 Å². The molecule has 0 aromatic carbocycles. The molecule has 4 unspecified atom stereocenters. The van der Waals surface area contributed by atoms with E-state index in [1.165, 1.54) is 12.3 Å². The van der Waals surface area contributed by atoms with Gasteiger partial charge < -0.3 is 30.7 Å². The summed E-state index contributed by atoms with van der Waals surface area (Å²) in [6, 6.07) is 1.31. The monoisotopic (exact) mass is 505 g/mol. The quantitative estimate of drug-likeness (QED) is 0.194. The number of ether oxygens (including phenoxy) is 1. The number of carboxylic acids is 1. The Hall–Kier alpha value is -0.120. The van der Waals surface area contributed by atoms with Gasteiger partial charge in [-0.2, -0.15) is 4.98 Å². The van der Waals surface area contributed by atoms with Crippen LogP contribution in [0, 0.1) is 17.8 Å². The number of nitrogen functional groups attached to an aromatic ring is 1. The van der Waals surface area contributed by atoms with Crippen LogP contribution in [0.3, 0.4) is 0 Å². The number of allylic oxidation sites excluding steroid dienone is 1. The maximum atomic E-state index is 12.1. The van der Waals surface area contributed by atoms with Crippen molar-refractivity contribution in [2.45, 2.75) is 31.0 Å². The number of phosphoric ester groups is 1. The minimum absolute atomic E-state index is 0. The second-order valence-electron chi connectivity index (χ2n) is 7.75. The Morgan fingerprint density at radius 2 is 1.94 bits per heavy atom. The van der Waals surface area contributed by atoms with Gasteiger partial charge in [0.25, 0.3) is 0 Å². The Kier molecular flexibility index (Phi) is 9.96. The second-order valence-corrected chi connectivity index (χ2v) is 9.21. The summed E-state index contributed by atoms with van der Waals surface area (Å²) in [6.45, 7) is -0.668. The fraction of sp³-hybridized carbons (Fsp3) is 0.588. The van der Waals surface area contributed by atoms with Gasteiger partial charge in [0.05, 0.1) is 13.2 Å². The van der Waals surface area contributed by atoms with E-state index >= 15 is 0 Å². The molecule has 16 heteroatoms. The number of hydrogen-bond acceptors (Lipinski definition) is 10. The zero-order valence-electron chi connectivity index (χ0n) is 18.1. The van der Waals surface area contributed by atoms with Crippen LogP contribution in [0.2, 0.25) is 0 Å². The van der Waals surface area contributed by atoms with E-state index in [1.54, 1.807) is 6.08 Å². The van der Waals surface area contributed by atoms with Crippen molar-refractivity contribution in [3.8, 4) is 0 Å². The smallest absolute Gasteiger partial charge is 0.472 e. The summed E-state index contributed by atoms with van der Waals surface area (Å²) >= 11 is 0. The molecule has 1 aliphatic heterocycles. The first-order valence-electron chi connectivity index (χ1n) is 9.49. The van der Waals surface area contributed by atoms with E-state index in [2.05, 4.69) is 4.98 Å². The minimum atomic E-state index is -4.49. The van der Waals surface area contributed by atoms with Gasteiger partial charge >= 0.3 is 19.5 Å². The molecule has 6 N–H and O–H groups in total. The fourth-order valence-corrected chi connectivity index (χ4v) is 4.83. The Balaban J connectivity index is 0.00000193. The third kappa shape index (κ3) is 6.36. The van der Waals surface area contributed by atoms with Crippen molar-refractivity contribution < 1.29 is 43.4 Å². The van der Waals surface area contributed by atoms with Crippen molar-refractivity contribution in [3.05, 3.63) is 34.4 Å². The van der Waals surface area contributed by atoms with Gasteiger partial charge in [-0.05, 0) is 30.2 Å². The number of phosphoric acid groups is 1. The molecule has 1 saturated carbocycles. The van der Waals surface area contributed by atoms with Crippen molar-refractivity contribution in [1.82, 2.24) is 9.55 Å². The molecule has 0 amide bonds. The summed E-state index contributed by atoms with van der Waals surface area (Å²) in [6.07, 6.45) is -2.24. The molecular weight excluding hydrogens is 483 g/mol. The molecule has 172 valence electrons. The van der Waals surface area contributed by atoms with E-state index in [1.807, 2.05) is 0 Å². The topological polar surface area (TPSA) is 204 Å². The van der Waals surface area contributed by atoms with Gasteiger partial charge in [0, 0.05) is 70.9 Å². The van der Waals surface area contributed by atoms with Crippen LogP contribution in [0.25, 0.3) is 0 Å².